The summed E-state index contributed by atoms with van der Waals surface area (Å²) in [7, 11) is 0. The smallest absolute Gasteiger partial charge is 0.163 e. The standard InChI is InChI=1S/C18H17N3/c1-4-6-11-15(10-5-2)17-19-14(3)20-18(21-17)16-12-8-7-9-13-16/h4-13H,1-2H2,3H3/b11-6-,15-10+. The van der Waals surface area contributed by atoms with E-state index in [1.54, 1.807) is 12.2 Å². The minimum Gasteiger partial charge on any atom is -0.213 e. The Bertz CT molecular complexity index is 698. The Hall–Kier alpha value is -2.81. The van der Waals surface area contributed by atoms with Crippen molar-refractivity contribution in [1.82, 2.24) is 15.0 Å². The minimum absolute atomic E-state index is 0.624. The Kier molecular flexibility index (Phi) is 4.94. The molecule has 1 aromatic carbocycles. The van der Waals surface area contributed by atoms with E-state index in [1.165, 1.54) is 0 Å². The average Bonchev–Trinajstić information content (AvgIpc) is 2.51. The number of benzene rings is 1. The zero-order valence-electron chi connectivity index (χ0n) is 12.0. The number of rotatable bonds is 5. The number of allylic oxidation sites excluding steroid dienone is 6. The van der Waals surface area contributed by atoms with Gasteiger partial charge in [0.1, 0.15) is 5.82 Å². The highest BCUT2D eigenvalue weighted by atomic mass is 15.0. The molecule has 104 valence electrons. The van der Waals surface area contributed by atoms with Crippen LogP contribution in [-0.4, -0.2) is 15.0 Å². The molecule has 0 amide bonds. The molecule has 0 aliphatic rings. The van der Waals surface area contributed by atoms with E-state index < -0.39 is 0 Å². The summed E-state index contributed by atoms with van der Waals surface area (Å²) in [6.07, 6.45) is 9.03. The first-order chi connectivity index (χ1) is 10.2. The molecule has 0 aliphatic heterocycles. The number of nitrogens with zero attached hydrogens (tertiary/aromatic N) is 3. The highest BCUT2D eigenvalue weighted by Gasteiger charge is 2.08. The molecule has 0 saturated carbocycles. The van der Waals surface area contributed by atoms with Gasteiger partial charge in [0.25, 0.3) is 0 Å². The molecule has 1 heterocycles. The molecule has 3 nitrogen and oxygen atoms in total. The predicted molar refractivity (Wildman–Crippen MR) is 87.5 cm³/mol. The van der Waals surface area contributed by atoms with Crippen LogP contribution < -0.4 is 0 Å². The van der Waals surface area contributed by atoms with Crippen molar-refractivity contribution in [1.29, 1.82) is 0 Å². The van der Waals surface area contributed by atoms with Crippen molar-refractivity contribution < 1.29 is 0 Å². The van der Waals surface area contributed by atoms with Crippen molar-refractivity contribution in [2.75, 3.05) is 0 Å². The SMILES string of the molecule is C=C/C=C\C(=C/C=C)c1nc(C)nc(-c2ccccc2)n1. The van der Waals surface area contributed by atoms with Gasteiger partial charge in [-0.2, -0.15) is 0 Å². The van der Waals surface area contributed by atoms with Crippen LogP contribution in [0.1, 0.15) is 11.6 Å². The minimum atomic E-state index is 0.624. The van der Waals surface area contributed by atoms with Crippen molar-refractivity contribution in [2.45, 2.75) is 6.92 Å². The number of hydrogen-bond donors (Lipinski definition) is 0. The third-order valence-corrected chi connectivity index (χ3v) is 2.75. The summed E-state index contributed by atoms with van der Waals surface area (Å²) >= 11 is 0. The van der Waals surface area contributed by atoms with E-state index in [4.69, 9.17) is 0 Å². The van der Waals surface area contributed by atoms with Crippen molar-refractivity contribution in [2.24, 2.45) is 0 Å². The Labute approximate surface area is 125 Å². The van der Waals surface area contributed by atoms with E-state index in [0.29, 0.717) is 17.5 Å². The summed E-state index contributed by atoms with van der Waals surface area (Å²) in [6, 6.07) is 9.86. The van der Waals surface area contributed by atoms with Gasteiger partial charge in [0.15, 0.2) is 11.6 Å². The fourth-order valence-corrected chi connectivity index (χ4v) is 1.83. The van der Waals surface area contributed by atoms with E-state index in [9.17, 15) is 0 Å². The largest absolute Gasteiger partial charge is 0.213 e. The Morgan fingerprint density at radius 1 is 1.00 bits per heavy atom. The fourth-order valence-electron chi connectivity index (χ4n) is 1.83. The molecular formula is C18H17N3. The maximum atomic E-state index is 4.55. The van der Waals surface area contributed by atoms with Gasteiger partial charge < -0.3 is 0 Å². The van der Waals surface area contributed by atoms with Gasteiger partial charge in [-0.05, 0) is 6.92 Å². The lowest BCUT2D eigenvalue weighted by Crippen LogP contribution is -2.01. The monoisotopic (exact) mass is 275 g/mol. The van der Waals surface area contributed by atoms with Crippen LogP contribution in [0.25, 0.3) is 17.0 Å². The molecule has 2 aromatic rings. The quantitative estimate of drug-likeness (QED) is 0.769. The molecule has 0 bridgehead atoms. The first kappa shape index (κ1) is 14.6. The molecule has 0 atom stereocenters. The highest BCUT2D eigenvalue weighted by Crippen LogP contribution is 2.18. The van der Waals surface area contributed by atoms with Gasteiger partial charge in [0, 0.05) is 11.1 Å². The molecule has 0 radical (unpaired) electrons. The first-order valence-corrected chi connectivity index (χ1v) is 6.65. The maximum absolute atomic E-state index is 4.55. The van der Waals surface area contributed by atoms with Gasteiger partial charge in [0.2, 0.25) is 0 Å². The summed E-state index contributed by atoms with van der Waals surface area (Å²) in [5.74, 6) is 1.97. The summed E-state index contributed by atoms with van der Waals surface area (Å²) in [6.45, 7) is 9.27. The molecule has 0 saturated heterocycles. The molecule has 1 aromatic heterocycles. The van der Waals surface area contributed by atoms with E-state index >= 15 is 0 Å². The fraction of sp³-hybridized carbons (Fsp3) is 0.0556. The number of aromatic nitrogens is 3. The summed E-state index contributed by atoms with van der Waals surface area (Å²) in [5.41, 5.74) is 1.84. The lowest BCUT2D eigenvalue weighted by molar-refractivity contribution is 0.962. The van der Waals surface area contributed by atoms with Crippen LogP contribution in [0.5, 0.6) is 0 Å². The Morgan fingerprint density at radius 2 is 1.76 bits per heavy atom. The average molecular weight is 275 g/mol. The van der Waals surface area contributed by atoms with E-state index in [-0.39, 0.29) is 0 Å². The second-order valence-electron chi connectivity index (χ2n) is 4.35. The summed E-state index contributed by atoms with van der Waals surface area (Å²) < 4.78 is 0. The summed E-state index contributed by atoms with van der Waals surface area (Å²) in [5, 5.41) is 0. The molecule has 0 aliphatic carbocycles. The van der Waals surface area contributed by atoms with Crippen LogP contribution in [0.15, 0.2) is 73.9 Å². The Morgan fingerprint density at radius 3 is 2.43 bits per heavy atom. The zero-order chi connectivity index (χ0) is 15.1. The molecule has 0 unspecified atom stereocenters. The molecular weight excluding hydrogens is 258 g/mol. The molecule has 0 N–H and O–H groups in total. The summed E-state index contributed by atoms with van der Waals surface area (Å²) in [4.78, 5) is 13.4. The van der Waals surface area contributed by atoms with Crippen molar-refractivity contribution >= 4 is 5.57 Å². The predicted octanol–water partition coefficient (Wildman–Crippen LogP) is 4.16. The van der Waals surface area contributed by atoms with Crippen LogP contribution in [0.2, 0.25) is 0 Å². The second kappa shape index (κ2) is 7.10. The van der Waals surface area contributed by atoms with Gasteiger partial charge in [-0.1, -0.05) is 73.9 Å². The van der Waals surface area contributed by atoms with Crippen molar-refractivity contribution in [3.8, 4) is 11.4 Å². The zero-order valence-corrected chi connectivity index (χ0v) is 12.0. The van der Waals surface area contributed by atoms with Crippen molar-refractivity contribution in [3.63, 3.8) is 0 Å². The second-order valence-corrected chi connectivity index (χ2v) is 4.35. The van der Waals surface area contributed by atoms with Gasteiger partial charge in [0.05, 0.1) is 0 Å². The Balaban J connectivity index is 2.52. The van der Waals surface area contributed by atoms with E-state index in [0.717, 1.165) is 11.1 Å². The van der Waals surface area contributed by atoms with E-state index in [1.807, 2.05) is 55.5 Å². The van der Waals surface area contributed by atoms with Gasteiger partial charge in [-0.3, -0.25) is 0 Å². The lowest BCUT2D eigenvalue weighted by Gasteiger charge is -2.05. The topological polar surface area (TPSA) is 38.7 Å². The van der Waals surface area contributed by atoms with Gasteiger partial charge in [-0.25, -0.2) is 15.0 Å². The lowest BCUT2D eigenvalue weighted by atomic mass is 10.2. The molecule has 2 rings (SSSR count). The molecule has 3 heteroatoms. The van der Waals surface area contributed by atoms with Crippen LogP contribution in [0.4, 0.5) is 0 Å². The molecule has 0 spiro atoms. The van der Waals surface area contributed by atoms with Gasteiger partial charge in [-0.15, -0.1) is 0 Å². The van der Waals surface area contributed by atoms with Crippen LogP contribution >= 0.6 is 0 Å². The van der Waals surface area contributed by atoms with Crippen LogP contribution in [0.3, 0.4) is 0 Å². The third-order valence-electron chi connectivity index (χ3n) is 2.75. The highest BCUT2D eigenvalue weighted by molar-refractivity contribution is 5.72. The van der Waals surface area contributed by atoms with Crippen molar-refractivity contribution in [3.05, 3.63) is 85.5 Å². The van der Waals surface area contributed by atoms with Crippen LogP contribution in [-0.2, 0) is 0 Å². The first-order valence-electron chi connectivity index (χ1n) is 6.65. The normalized spacial score (nSPS) is 11.6. The third kappa shape index (κ3) is 3.83. The maximum Gasteiger partial charge on any atom is 0.163 e. The molecule has 21 heavy (non-hydrogen) atoms. The number of hydrogen-bond acceptors (Lipinski definition) is 3. The van der Waals surface area contributed by atoms with Crippen LogP contribution in [0, 0.1) is 6.92 Å². The van der Waals surface area contributed by atoms with E-state index in [2.05, 4.69) is 28.1 Å². The number of aryl methyl sites for hydroxylation is 1. The van der Waals surface area contributed by atoms with Gasteiger partial charge >= 0.3 is 0 Å². The molecule has 0 fully saturated rings.